The van der Waals surface area contributed by atoms with Gasteiger partial charge in [-0.1, -0.05) is 36.4 Å². The van der Waals surface area contributed by atoms with Gasteiger partial charge in [0.2, 0.25) is 0 Å². The van der Waals surface area contributed by atoms with Gasteiger partial charge < -0.3 is 15.1 Å². The molecule has 1 fully saturated rings. The van der Waals surface area contributed by atoms with Crippen molar-refractivity contribution in [3.05, 3.63) is 83.1 Å². The van der Waals surface area contributed by atoms with Crippen LogP contribution in [0.15, 0.2) is 54.6 Å². The van der Waals surface area contributed by atoms with E-state index in [9.17, 15) is 9.18 Å². The number of hydrogen-bond donors (Lipinski definition) is 1. The molecule has 31 heavy (non-hydrogen) atoms. The lowest BCUT2D eigenvalue weighted by atomic mass is 10.0. The van der Waals surface area contributed by atoms with Crippen LogP contribution in [0.4, 0.5) is 20.7 Å². The first kappa shape index (κ1) is 20.8. The molecule has 0 radical (unpaired) electrons. The number of urea groups is 1. The van der Waals surface area contributed by atoms with Crippen LogP contribution in [0.1, 0.15) is 22.6 Å². The predicted molar refractivity (Wildman–Crippen MR) is 120 cm³/mol. The zero-order valence-electron chi connectivity index (χ0n) is 17.8. The summed E-state index contributed by atoms with van der Waals surface area (Å²) in [5.41, 5.74) is 3.19. The molecule has 7 heteroatoms. The van der Waals surface area contributed by atoms with Crippen LogP contribution in [0.5, 0.6) is 0 Å². The molecule has 1 aliphatic rings. The van der Waals surface area contributed by atoms with Crippen molar-refractivity contribution in [3.63, 3.8) is 0 Å². The van der Waals surface area contributed by atoms with Gasteiger partial charge in [-0.2, -0.15) is 0 Å². The number of nitrogens with one attached hydrogen (secondary N) is 1. The van der Waals surface area contributed by atoms with E-state index >= 15 is 0 Å². The summed E-state index contributed by atoms with van der Waals surface area (Å²) in [6.45, 7) is 6.29. The van der Waals surface area contributed by atoms with Gasteiger partial charge in [0.1, 0.15) is 17.5 Å². The Morgan fingerprint density at radius 2 is 1.65 bits per heavy atom. The van der Waals surface area contributed by atoms with Crippen molar-refractivity contribution >= 4 is 17.5 Å². The smallest absolute Gasteiger partial charge is 0.321 e. The molecule has 6 nitrogen and oxygen atoms in total. The highest BCUT2D eigenvalue weighted by Gasteiger charge is 2.25. The molecule has 0 saturated carbocycles. The molecule has 1 saturated heterocycles. The normalized spacial score (nSPS) is 13.9. The van der Waals surface area contributed by atoms with Gasteiger partial charge in [0.15, 0.2) is 0 Å². The Balaban J connectivity index is 1.49. The second-order valence-corrected chi connectivity index (χ2v) is 7.70. The Hall–Kier alpha value is -3.48. The molecule has 0 unspecified atom stereocenters. The van der Waals surface area contributed by atoms with Gasteiger partial charge in [0.05, 0.1) is 0 Å². The van der Waals surface area contributed by atoms with Crippen molar-refractivity contribution < 1.29 is 9.18 Å². The average molecular weight is 420 g/mol. The van der Waals surface area contributed by atoms with Crippen LogP contribution < -0.4 is 10.2 Å². The van der Waals surface area contributed by atoms with Crippen LogP contribution in [-0.4, -0.2) is 47.1 Å². The third-order valence-electron chi connectivity index (χ3n) is 5.52. The molecule has 3 aromatic rings. The monoisotopic (exact) mass is 419 g/mol. The van der Waals surface area contributed by atoms with Crippen LogP contribution in [0, 0.1) is 19.7 Å². The number of rotatable bonds is 4. The third-order valence-corrected chi connectivity index (χ3v) is 5.52. The summed E-state index contributed by atoms with van der Waals surface area (Å²) < 4.78 is 14.3. The number of piperazine rings is 1. The minimum absolute atomic E-state index is 0.104. The van der Waals surface area contributed by atoms with Crippen molar-refractivity contribution in [1.82, 2.24) is 14.9 Å². The van der Waals surface area contributed by atoms with E-state index in [4.69, 9.17) is 4.98 Å². The van der Waals surface area contributed by atoms with E-state index in [1.54, 1.807) is 17.0 Å². The predicted octanol–water partition coefficient (Wildman–Crippen LogP) is 4.18. The Labute approximate surface area is 181 Å². The average Bonchev–Trinajstić information content (AvgIpc) is 2.77. The fraction of sp³-hybridized carbons (Fsp3) is 0.292. The Kier molecular flexibility index (Phi) is 6.11. The first-order chi connectivity index (χ1) is 15.0. The van der Waals surface area contributed by atoms with Crippen molar-refractivity contribution in [2.24, 2.45) is 0 Å². The highest BCUT2D eigenvalue weighted by atomic mass is 19.1. The molecule has 1 aliphatic heterocycles. The number of aryl methyl sites for hydroxylation is 2. The van der Waals surface area contributed by atoms with Gasteiger partial charge in [-0.3, -0.25) is 0 Å². The number of hydrogen-bond acceptors (Lipinski definition) is 4. The zero-order valence-corrected chi connectivity index (χ0v) is 17.8. The molecule has 0 spiro atoms. The molecule has 0 bridgehead atoms. The largest absolute Gasteiger partial charge is 0.353 e. The lowest BCUT2D eigenvalue weighted by Crippen LogP contribution is -2.50. The van der Waals surface area contributed by atoms with E-state index < -0.39 is 0 Å². The molecule has 160 valence electrons. The quantitative estimate of drug-likeness (QED) is 0.689. The van der Waals surface area contributed by atoms with E-state index in [1.165, 1.54) is 6.07 Å². The maximum atomic E-state index is 14.3. The van der Waals surface area contributed by atoms with E-state index in [-0.39, 0.29) is 11.8 Å². The van der Waals surface area contributed by atoms with Crippen LogP contribution in [0.3, 0.4) is 0 Å². The number of amides is 2. The molecular weight excluding hydrogens is 393 g/mol. The topological polar surface area (TPSA) is 61.4 Å². The molecule has 0 aliphatic carbocycles. The number of anilines is 2. The fourth-order valence-electron chi connectivity index (χ4n) is 3.86. The van der Waals surface area contributed by atoms with Gasteiger partial charge in [0.25, 0.3) is 0 Å². The highest BCUT2D eigenvalue weighted by molar-refractivity contribution is 5.89. The Morgan fingerprint density at radius 3 is 2.35 bits per heavy atom. The Bertz CT molecular complexity index is 1060. The number of aromatic nitrogens is 2. The molecule has 4 rings (SSSR count). The minimum Gasteiger partial charge on any atom is -0.353 e. The summed E-state index contributed by atoms with van der Waals surface area (Å²) in [4.78, 5) is 25.8. The zero-order chi connectivity index (χ0) is 21.8. The van der Waals surface area contributed by atoms with Gasteiger partial charge in [-0.15, -0.1) is 0 Å². The number of para-hydroxylation sites is 1. The van der Waals surface area contributed by atoms with E-state index in [0.29, 0.717) is 44.0 Å². The fourth-order valence-corrected chi connectivity index (χ4v) is 3.86. The van der Waals surface area contributed by atoms with Crippen molar-refractivity contribution in [2.75, 3.05) is 36.4 Å². The van der Waals surface area contributed by atoms with Gasteiger partial charge >= 0.3 is 6.03 Å². The molecular formula is C24H26FN5O. The van der Waals surface area contributed by atoms with Crippen molar-refractivity contribution in [3.8, 4) is 0 Å². The maximum Gasteiger partial charge on any atom is 0.321 e. The Morgan fingerprint density at radius 1 is 0.968 bits per heavy atom. The summed E-state index contributed by atoms with van der Waals surface area (Å²) in [6.07, 6.45) is 0.433. The lowest BCUT2D eigenvalue weighted by molar-refractivity contribution is 0.208. The summed E-state index contributed by atoms with van der Waals surface area (Å²) in [5, 5.41) is 2.94. The van der Waals surface area contributed by atoms with Crippen molar-refractivity contribution in [1.29, 1.82) is 0 Å². The second kappa shape index (κ2) is 9.12. The number of halogens is 1. The molecule has 2 amide bonds. The number of nitrogens with zero attached hydrogens (tertiary/aromatic N) is 4. The molecule has 1 N–H and O–H groups in total. The molecule has 1 aromatic heterocycles. The van der Waals surface area contributed by atoms with E-state index in [2.05, 4.69) is 15.2 Å². The van der Waals surface area contributed by atoms with E-state index in [0.717, 1.165) is 22.8 Å². The summed E-state index contributed by atoms with van der Waals surface area (Å²) in [6, 6.07) is 16.1. The van der Waals surface area contributed by atoms with Crippen LogP contribution >= 0.6 is 0 Å². The van der Waals surface area contributed by atoms with Crippen LogP contribution in [0.2, 0.25) is 0 Å². The first-order valence-corrected chi connectivity index (χ1v) is 10.4. The van der Waals surface area contributed by atoms with Gasteiger partial charge in [-0.25, -0.2) is 19.2 Å². The summed E-state index contributed by atoms with van der Waals surface area (Å²) in [7, 11) is 0. The van der Waals surface area contributed by atoms with Crippen LogP contribution in [-0.2, 0) is 6.42 Å². The molecule has 2 aromatic carbocycles. The van der Waals surface area contributed by atoms with Crippen LogP contribution in [0.25, 0.3) is 0 Å². The molecule has 0 atom stereocenters. The van der Waals surface area contributed by atoms with E-state index in [1.807, 2.05) is 50.2 Å². The SMILES string of the molecule is Cc1nc(C)c(Cc2ccccc2F)c(N2CCN(C(=O)Nc3ccccc3)CC2)n1. The van der Waals surface area contributed by atoms with Gasteiger partial charge in [0, 0.05) is 49.5 Å². The maximum absolute atomic E-state index is 14.3. The van der Waals surface area contributed by atoms with Gasteiger partial charge in [-0.05, 0) is 37.6 Å². The number of benzene rings is 2. The summed E-state index contributed by atoms with van der Waals surface area (Å²) >= 11 is 0. The first-order valence-electron chi connectivity index (χ1n) is 10.4. The highest BCUT2D eigenvalue weighted by Crippen LogP contribution is 2.26. The second-order valence-electron chi connectivity index (χ2n) is 7.70. The summed E-state index contributed by atoms with van der Waals surface area (Å²) in [5.74, 6) is 1.29. The third kappa shape index (κ3) is 4.82. The number of carbonyl (C=O) groups is 1. The lowest BCUT2D eigenvalue weighted by Gasteiger charge is -2.36. The minimum atomic E-state index is -0.226. The molecule has 2 heterocycles. The number of carbonyl (C=O) groups excluding carboxylic acids is 1. The standard InChI is InChI=1S/C24H26FN5O/c1-17-21(16-19-8-6-7-11-22(19)25)23(27-18(2)26-17)29-12-14-30(15-13-29)24(31)28-20-9-4-3-5-10-20/h3-11H,12-16H2,1-2H3,(H,28,31). The van der Waals surface area contributed by atoms with Crippen molar-refractivity contribution in [2.45, 2.75) is 20.3 Å².